The van der Waals surface area contributed by atoms with E-state index in [4.69, 9.17) is 4.74 Å². The van der Waals surface area contributed by atoms with Gasteiger partial charge in [0.15, 0.2) is 0 Å². The lowest BCUT2D eigenvalue weighted by Crippen LogP contribution is -2.38. The van der Waals surface area contributed by atoms with Crippen molar-refractivity contribution in [2.45, 2.75) is 38.3 Å². The number of ether oxygens (including phenoxy) is 1. The van der Waals surface area contributed by atoms with Crippen molar-refractivity contribution < 1.29 is 13.9 Å². The van der Waals surface area contributed by atoms with Gasteiger partial charge in [0.05, 0.1) is 12.2 Å². The number of halogens is 1. The van der Waals surface area contributed by atoms with Gasteiger partial charge in [-0.2, -0.15) is 0 Å². The van der Waals surface area contributed by atoms with Crippen LogP contribution in [-0.4, -0.2) is 28.9 Å². The molecule has 1 amide bonds. The van der Waals surface area contributed by atoms with E-state index in [-0.39, 0.29) is 23.9 Å². The summed E-state index contributed by atoms with van der Waals surface area (Å²) in [6, 6.07) is 4.77. The summed E-state index contributed by atoms with van der Waals surface area (Å²) < 4.78 is 19.0. The predicted octanol–water partition coefficient (Wildman–Crippen LogP) is 3.89. The fraction of sp³-hybridized carbons (Fsp3) is 0.444. The van der Waals surface area contributed by atoms with Crippen molar-refractivity contribution in [3.63, 3.8) is 0 Å². The number of benzene rings is 1. The average molecular weight is 346 g/mol. The minimum absolute atomic E-state index is 0.000720. The van der Waals surface area contributed by atoms with Crippen LogP contribution in [0, 0.1) is 5.82 Å². The van der Waals surface area contributed by atoms with Gasteiger partial charge in [-0.15, -0.1) is 11.3 Å². The number of hydrogen-bond acceptors (Lipinski definition) is 4. The first-order valence-corrected chi connectivity index (χ1v) is 9.12. The summed E-state index contributed by atoms with van der Waals surface area (Å²) in [5.41, 5.74) is 2.02. The highest BCUT2D eigenvalue weighted by Crippen LogP contribution is 2.34. The van der Waals surface area contributed by atoms with E-state index >= 15 is 0 Å². The summed E-state index contributed by atoms with van der Waals surface area (Å²) in [5, 5.41) is 0.892. The molecule has 1 aromatic carbocycles. The molecule has 0 bridgehead atoms. The number of aromatic nitrogens is 1. The van der Waals surface area contributed by atoms with Crippen LogP contribution in [0.5, 0.6) is 0 Å². The summed E-state index contributed by atoms with van der Waals surface area (Å²) in [6.45, 7) is 3.36. The molecule has 2 aliphatic rings. The van der Waals surface area contributed by atoms with Crippen LogP contribution in [-0.2, 0) is 11.2 Å². The zero-order chi connectivity index (χ0) is 16.7. The highest BCUT2D eigenvalue weighted by atomic mass is 32.1. The number of thiazole rings is 1. The molecule has 3 heterocycles. The van der Waals surface area contributed by atoms with E-state index < -0.39 is 0 Å². The van der Waals surface area contributed by atoms with Gasteiger partial charge in [-0.05, 0) is 49.4 Å². The molecule has 1 saturated heterocycles. The SMILES string of the molecule is C[C@H]1c2ccc(F)cc2CCN1C(=O)c1cnc([C@H]2CCCO2)s1. The van der Waals surface area contributed by atoms with Crippen LogP contribution < -0.4 is 0 Å². The molecule has 4 rings (SSSR count). The average Bonchev–Trinajstić information content (AvgIpc) is 3.26. The van der Waals surface area contributed by atoms with Crippen LogP contribution in [0.3, 0.4) is 0 Å². The monoisotopic (exact) mass is 346 g/mol. The summed E-state index contributed by atoms with van der Waals surface area (Å²) in [6.07, 6.45) is 4.40. The lowest BCUT2D eigenvalue weighted by molar-refractivity contribution is 0.0682. The summed E-state index contributed by atoms with van der Waals surface area (Å²) in [7, 11) is 0. The van der Waals surface area contributed by atoms with E-state index in [0.29, 0.717) is 17.8 Å². The quantitative estimate of drug-likeness (QED) is 0.828. The van der Waals surface area contributed by atoms with E-state index in [1.807, 2.05) is 11.8 Å². The maximum Gasteiger partial charge on any atom is 0.266 e. The molecular weight excluding hydrogens is 327 g/mol. The molecule has 2 aromatic rings. The van der Waals surface area contributed by atoms with Crippen molar-refractivity contribution in [3.05, 3.63) is 51.2 Å². The standard InChI is InChI=1S/C18H19FN2O2S/c1-11-14-5-4-13(19)9-12(14)6-7-21(11)18(22)16-10-20-17(24-16)15-3-2-8-23-15/h4-5,9-11,15H,2-3,6-8H2,1H3/t11-,15+/m0/s1. The Morgan fingerprint density at radius 2 is 2.33 bits per heavy atom. The summed E-state index contributed by atoms with van der Waals surface area (Å²) >= 11 is 1.43. The molecular formula is C18H19FN2O2S. The molecule has 6 heteroatoms. The molecule has 0 saturated carbocycles. The second kappa shape index (κ2) is 6.26. The van der Waals surface area contributed by atoms with Crippen LogP contribution >= 0.6 is 11.3 Å². The number of fused-ring (bicyclic) bond motifs is 1. The largest absolute Gasteiger partial charge is 0.371 e. The molecule has 1 fully saturated rings. The maximum atomic E-state index is 13.4. The fourth-order valence-electron chi connectivity index (χ4n) is 3.53. The molecule has 1 aromatic heterocycles. The molecule has 24 heavy (non-hydrogen) atoms. The van der Waals surface area contributed by atoms with E-state index in [2.05, 4.69) is 4.98 Å². The first-order valence-electron chi connectivity index (χ1n) is 8.30. The maximum absolute atomic E-state index is 13.4. The zero-order valence-corrected chi connectivity index (χ0v) is 14.3. The van der Waals surface area contributed by atoms with Gasteiger partial charge in [0.1, 0.15) is 21.8 Å². The number of hydrogen-bond donors (Lipinski definition) is 0. The van der Waals surface area contributed by atoms with Crippen molar-refractivity contribution in [1.82, 2.24) is 9.88 Å². The van der Waals surface area contributed by atoms with Crippen molar-refractivity contribution in [3.8, 4) is 0 Å². The molecule has 0 aliphatic carbocycles. The van der Waals surface area contributed by atoms with Crippen molar-refractivity contribution >= 4 is 17.2 Å². The van der Waals surface area contributed by atoms with Crippen LogP contribution in [0.1, 0.15) is 57.7 Å². The minimum Gasteiger partial charge on any atom is -0.371 e. The van der Waals surface area contributed by atoms with Crippen LogP contribution in [0.25, 0.3) is 0 Å². The first kappa shape index (κ1) is 15.7. The third-order valence-electron chi connectivity index (χ3n) is 4.85. The molecule has 0 spiro atoms. The number of rotatable bonds is 2. The van der Waals surface area contributed by atoms with Gasteiger partial charge in [-0.3, -0.25) is 4.79 Å². The van der Waals surface area contributed by atoms with Gasteiger partial charge >= 0.3 is 0 Å². The van der Waals surface area contributed by atoms with Gasteiger partial charge < -0.3 is 9.64 Å². The minimum atomic E-state index is -0.218. The van der Waals surface area contributed by atoms with E-state index in [1.165, 1.54) is 17.4 Å². The molecule has 0 N–H and O–H groups in total. The van der Waals surface area contributed by atoms with Gasteiger partial charge in [0.2, 0.25) is 0 Å². The molecule has 2 atom stereocenters. The Morgan fingerprint density at radius 3 is 3.12 bits per heavy atom. The van der Waals surface area contributed by atoms with Crippen molar-refractivity contribution in [2.24, 2.45) is 0 Å². The fourth-order valence-corrected chi connectivity index (χ4v) is 4.49. The molecule has 4 nitrogen and oxygen atoms in total. The smallest absolute Gasteiger partial charge is 0.266 e. The molecule has 2 aliphatic heterocycles. The van der Waals surface area contributed by atoms with Gasteiger partial charge in [-0.1, -0.05) is 6.07 Å². The lowest BCUT2D eigenvalue weighted by Gasteiger charge is -2.35. The van der Waals surface area contributed by atoms with Crippen LogP contribution in [0.2, 0.25) is 0 Å². The highest BCUT2D eigenvalue weighted by Gasteiger charge is 2.30. The Hall–Kier alpha value is -1.79. The van der Waals surface area contributed by atoms with Crippen molar-refractivity contribution in [1.29, 1.82) is 0 Å². The Balaban J connectivity index is 1.55. The Bertz CT molecular complexity index is 770. The summed E-state index contributed by atoms with van der Waals surface area (Å²) in [5.74, 6) is -0.219. The van der Waals surface area contributed by atoms with E-state index in [1.54, 1.807) is 18.3 Å². The third kappa shape index (κ3) is 2.74. The normalized spacial score (nSPS) is 23.3. The number of carbonyl (C=O) groups excluding carboxylic acids is 1. The van der Waals surface area contributed by atoms with Crippen LogP contribution in [0.15, 0.2) is 24.4 Å². The van der Waals surface area contributed by atoms with E-state index in [9.17, 15) is 9.18 Å². The van der Waals surface area contributed by atoms with Gasteiger partial charge in [0.25, 0.3) is 5.91 Å². The Morgan fingerprint density at radius 1 is 1.46 bits per heavy atom. The lowest BCUT2D eigenvalue weighted by atomic mass is 9.93. The predicted molar refractivity (Wildman–Crippen MR) is 89.6 cm³/mol. The Kier molecular flexibility index (Phi) is 4.10. The molecule has 0 unspecified atom stereocenters. The number of amides is 1. The number of nitrogens with zero attached hydrogens (tertiary/aromatic N) is 2. The van der Waals surface area contributed by atoms with Gasteiger partial charge in [-0.25, -0.2) is 9.37 Å². The molecule has 126 valence electrons. The van der Waals surface area contributed by atoms with Crippen molar-refractivity contribution in [2.75, 3.05) is 13.2 Å². The van der Waals surface area contributed by atoms with Crippen LogP contribution in [0.4, 0.5) is 4.39 Å². The Labute approximate surface area is 144 Å². The van der Waals surface area contributed by atoms with Gasteiger partial charge in [0, 0.05) is 13.2 Å². The third-order valence-corrected chi connectivity index (χ3v) is 5.92. The van der Waals surface area contributed by atoms with E-state index in [0.717, 1.165) is 35.6 Å². The highest BCUT2D eigenvalue weighted by molar-refractivity contribution is 7.13. The number of carbonyl (C=O) groups is 1. The zero-order valence-electron chi connectivity index (χ0n) is 13.5. The second-order valence-corrected chi connectivity index (χ2v) is 7.39. The second-order valence-electron chi connectivity index (χ2n) is 6.33. The summed E-state index contributed by atoms with van der Waals surface area (Å²) in [4.78, 5) is 19.8. The topological polar surface area (TPSA) is 42.4 Å². The molecule has 0 radical (unpaired) electrons. The first-order chi connectivity index (χ1) is 11.6.